The number of nitrogens with zero attached hydrogens (tertiary/aromatic N) is 2. The monoisotopic (exact) mass is 369 g/mol. The maximum atomic E-state index is 12.1. The maximum absolute atomic E-state index is 12.1. The zero-order valence-corrected chi connectivity index (χ0v) is 13.5. The molecule has 1 heterocycles. The van der Waals surface area contributed by atoms with E-state index in [1.807, 2.05) is 0 Å². The van der Waals surface area contributed by atoms with E-state index in [1.54, 1.807) is 0 Å². The first kappa shape index (κ1) is 18.9. The molecule has 0 aliphatic carbocycles. The van der Waals surface area contributed by atoms with Gasteiger partial charge in [0.25, 0.3) is 5.91 Å². The van der Waals surface area contributed by atoms with Gasteiger partial charge in [0.05, 0.1) is 6.42 Å². The number of rotatable bonds is 6. The van der Waals surface area contributed by atoms with Crippen molar-refractivity contribution < 1.29 is 27.5 Å². The number of alkyl halides is 3. The van der Waals surface area contributed by atoms with E-state index in [9.17, 15) is 22.8 Å². The molecule has 11 heteroatoms. The van der Waals surface area contributed by atoms with Crippen molar-refractivity contribution in [3.8, 4) is 11.4 Å². The number of halogens is 3. The quantitative estimate of drug-likeness (QED) is 0.624. The van der Waals surface area contributed by atoms with E-state index in [1.165, 1.54) is 24.3 Å². The number of aromatic nitrogens is 2. The van der Waals surface area contributed by atoms with Crippen LogP contribution in [0.2, 0.25) is 0 Å². The predicted octanol–water partition coefficient (Wildman–Crippen LogP) is 2.17. The summed E-state index contributed by atoms with van der Waals surface area (Å²) in [4.78, 5) is 27.2. The molecule has 0 unspecified atom stereocenters. The molecule has 1 N–H and O–H groups in total. The summed E-state index contributed by atoms with van der Waals surface area (Å²) in [5.74, 6) is -1.04. The Balaban J connectivity index is 2.00. The Kier molecular flexibility index (Phi) is 6.13. The van der Waals surface area contributed by atoms with Crippen LogP contribution < -0.4 is 5.32 Å². The molecular formula is C14H11BF3N3O3S. The van der Waals surface area contributed by atoms with Crippen LogP contribution in [0.3, 0.4) is 0 Å². The van der Waals surface area contributed by atoms with Gasteiger partial charge in [-0.25, -0.2) is 9.78 Å². The molecule has 0 saturated carbocycles. The van der Waals surface area contributed by atoms with E-state index >= 15 is 0 Å². The molecule has 0 spiro atoms. The minimum Gasteiger partial charge on any atom is -0.471 e. The SMILES string of the molecule is [B]COC(=O)c1nc(-c2ccc(C(=O)NCCC(F)(F)F)cc2)ns1. The summed E-state index contributed by atoms with van der Waals surface area (Å²) in [5, 5.41) is 2.22. The topological polar surface area (TPSA) is 81.2 Å². The van der Waals surface area contributed by atoms with Crippen LogP contribution in [-0.4, -0.2) is 48.3 Å². The molecule has 0 fully saturated rings. The Hall–Kier alpha value is -2.43. The molecule has 0 atom stereocenters. The Bertz CT molecular complexity index is 750. The third kappa shape index (κ3) is 5.56. The largest absolute Gasteiger partial charge is 0.471 e. The van der Waals surface area contributed by atoms with Crippen molar-refractivity contribution in [3.63, 3.8) is 0 Å². The average Bonchev–Trinajstić information content (AvgIpc) is 3.04. The molecule has 130 valence electrons. The predicted molar refractivity (Wildman–Crippen MR) is 84.4 cm³/mol. The fraction of sp³-hybridized carbons (Fsp3) is 0.286. The first-order valence-corrected chi connectivity index (χ1v) is 7.74. The Labute approximate surface area is 146 Å². The summed E-state index contributed by atoms with van der Waals surface area (Å²) in [7, 11) is 5.10. The Morgan fingerprint density at radius 3 is 2.52 bits per heavy atom. The number of benzene rings is 1. The number of carbonyl (C=O) groups excluding carboxylic acids is 2. The van der Waals surface area contributed by atoms with Crippen molar-refractivity contribution in [3.05, 3.63) is 34.8 Å². The Morgan fingerprint density at radius 2 is 1.92 bits per heavy atom. The van der Waals surface area contributed by atoms with Crippen LogP contribution in [-0.2, 0) is 4.74 Å². The highest BCUT2D eigenvalue weighted by Gasteiger charge is 2.26. The maximum Gasteiger partial charge on any atom is 0.390 e. The number of nitrogens with one attached hydrogen (secondary N) is 1. The smallest absolute Gasteiger partial charge is 0.390 e. The second kappa shape index (κ2) is 8.10. The summed E-state index contributed by atoms with van der Waals surface area (Å²) in [5.41, 5.74) is 0.735. The van der Waals surface area contributed by atoms with Crippen LogP contribution in [0.4, 0.5) is 13.2 Å². The van der Waals surface area contributed by atoms with Gasteiger partial charge in [-0.2, -0.15) is 17.5 Å². The second-order valence-electron chi connectivity index (χ2n) is 4.72. The van der Waals surface area contributed by atoms with Gasteiger partial charge in [-0.15, -0.1) is 0 Å². The van der Waals surface area contributed by atoms with E-state index in [0.29, 0.717) is 5.56 Å². The van der Waals surface area contributed by atoms with Crippen LogP contribution in [0.25, 0.3) is 11.4 Å². The molecule has 25 heavy (non-hydrogen) atoms. The molecule has 0 bridgehead atoms. The number of hydrogen-bond donors (Lipinski definition) is 1. The molecule has 1 aromatic carbocycles. The highest BCUT2D eigenvalue weighted by Crippen LogP contribution is 2.20. The van der Waals surface area contributed by atoms with E-state index in [2.05, 4.69) is 19.4 Å². The minimum atomic E-state index is -4.32. The number of carbonyl (C=O) groups is 2. The zero-order chi connectivity index (χ0) is 18.4. The van der Waals surface area contributed by atoms with E-state index in [4.69, 9.17) is 7.85 Å². The van der Waals surface area contributed by atoms with Crippen molar-refractivity contribution in [1.82, 2.24) is 14.7 Å². The number of esters is 1. The summed E-state index contributed by atoms with van der Waals surface area (Å²) in [6, 6.07) is 5.91. The van der Waals surface area contributed by atoms with Gasteiger partial charge in [-0.1, -0.05) is 12.1 Å². The standard InChI is InChI=1S/C14H11BF3N3O3S/c15-7-24-13(23)12-20-10(21-25-12)8-1-3-9(4-2-8)11(22)19-6-5-14(16,17)18/h1-4H,5-7H2,(H,19,22). The molecule has 0 aliphatic heterocycles. The summed E-state index contributed by atoms with van der Waals surface area (Å²) < 4.78 is 44.8. The first-order chi connectivity index (χ1) is 11.8. The van der Waals surface area contributed by atoms with Gasteiger partial charge < -0.3 is 10.1 Å². The van der Waals surface area contributed by atoms with Crippen molar-refractivity contribution in [1.29, 1.82) is 0 Å². The van der Waals surface area contributed by atoms with E-state index in [-0.39, 0.29) is 22.9 Å². The lowest BCUT2D eigenvalue weighted by Gasteiger charge is -2.08. The lowest BCUT2D eigenvalue weighted by molar-refractivity contribution is -0.133. The van der Waals surface area contributed by atoms with Crippen molar-refractivity contribution in [2.24, 2.45) is 0 Å². The second-order valence-corrected chi connectivity index (χ2v) is 5.47. The van der Waals surface area contributed by atoms with Gasteiger partial charge in [-0.05, 0) is 23.7 Å². The first-order valence-electron chi connectivity index (χ1n) is 6.96. The van der Waals surface area contributed by atoms with E-state index < -0.39 is 31.0 Å². The molecule has 6 nitrogen and oxygen atoms in total. The van der Waals surface area contributed by atoms with Gasteiger partial charge in [0.15, 0.2) is 5.82 Å². The normalized spacial score (nSPS) is 11.2. The highest BCUT2D eigenvalue weighted by molar-refractivity contribution is 7.07. The highest BCUT2D eigenvalue weighted by atomic mass is 32.1. The zero-order valence-electron chi connectivity index (χ0n) is 12.7. The Morgan fingerprint density at radius 1 is 1.24 bits per heavy atom. The van der Waals surface area contributed by atoms with Gasteiger partial charge in [-0.3, -0.25) is 4.79 Å². The lowest BCUT2D eigenvalue weighted by atomic mass is 10.1. The molecule has 2 rings (SSSR count). The van der Waals surface area contributed by atoms with Crippen LogP contribution in [0.15, 0.2) is 24.3 Å². The summed E-state index contributed by atoms with van der Waals surface area (Å²) >= 11 is 0.839. The molecular weight excluding hydrogens is 358 g/mol. The average molecular weight is 369 g/mol. The molecule has 1 amide bonds. The van der Waals surface area contributed by atoms with Crippen LogP contribution in [0.5, 0.6) is 0 Å². The molecule has 2 aromatic rings. The number of amides is 1. The molecule has 2 radical (unpaired) electrons. The van der Waals surface area contributed by atoms with Gasteiger partial charge in [0.1, 0.15) is 7.85 Å². The van der Waals surface area contributed by atoms with Crippen molar-refractivity contribution >= 4 is 31.3 Å². The third-order valence-corrected chi connectivity index (χ3v) is 3.61. The van der Waals surface area contributed by atoms with Crippen molar-refractivity contribution in [2.75, 3.05) is 13.1 Å². The fourth-order valence-corrected chi connectivity index (χ4v) is 2.33. The molecule has 0 saturated heterocycles. The molecule has 0 aliphatic rings. The molecule has 1 aromatic heterocycles. The van der Waals surface area contributed by atoms with Gasteiger partial charge in [0, 0.05) is 24.2 Å². The van der Waals surface area contributed by atoms with Crippen molar-refractivity contribution in [2.45, 2.75) is 12.6 Å². The third-order valence-electron chi connectivity index (χ3n) is 2.91. The van der Waals surface area contributed by atoms with E-state index in [0.717, 1.165) is 11.5 Å². The van der Waals surface area contributed by atoms with Crippen LogP contribution >= 0.6 is 11.5 Å². The summed E-state index contributed by atoms with van der Waals surface area (Å²) in [6.07, 6.45) is -5.42. The lowest BCUT2D eigenvalue weighted by Crippen LogP contribution is -2.27. The minimum absolute atomic E-state index is 0.0365. The summed E-state index contributed by atoms with van der Waals surface area (Å²) in [6.45, 7) is -0.768. The number of hydrogen-bond acceptors (Lipinski definition) is 6. The number of ether oxygens (including phenoxy) is 1. The van der Waals surface area contributed by atoms with Crippen LogP contribution in [0, 0.1) is 0 Å². The van der Waals surface area contributed by atoms with Crippen LogP contribution in [0.1, 0.15) is 26.6 Å². The van der Waals surface area contributed by atoms with Gasteiger partial charge >= 0.3 is 12.1 Å². The fourth-order valence-electron chi connectivity index (χ4n) is 1.75. The van der Waals surface area contributed by atoms with Gasteiger partial charge in [0.2, 0.25) is 5.01 Å².